The minimum Gasteiger partial charge on any atom is -0.546 e. The van der Waals surface area contributed by atoms with E-state index in [0.717, 1.165) is 0 Å². The van der Waals surface area contributed by atoms with Crippen molar-refractivity contribution in [3.8, 4) is 0 Å². The van der Waals surface area contributed by atoms with E-state index in [2.05, 4.69) is 0 Å². The second-order valence-corrected chi connectivity index (χ2v) is 2.40. The lowest BCUT2D eigenvalue weighted by atomic mass is 10.1. The average Bonchev–Trinajstić information content (AvgIpc) is 2.06. The first-order chi connectivity index (χ1) is 5.76. The fourth-order valence-electron chi connectivity index (χ4n) is 0.726. The predicted octanol–water partition coefficient (Wildman–Crippen LogP) is -0.114. The molecule has 0 heterocycles. The van der Waals surface area contributed by atoms with E-state index in [4.69, 9.17) is 9.84 Å². The highest BCUT2D eigenvalue weighted by atomic mass is 16.5. The second-order valence-electron chi connectivity index (χ2n) is 2.40. The Bertz CT molecular complexity index is 116. The van der Waals surface area contributed by atoms with Crippen LogP contribution in [0.3, 0.4) is 0 Å². The molecule has 0 saturated carbocycles. The van der Waals surface area contributed by atoms with Crippen LogP contribution in [0.25, 0.3) is 0 Å². The molecule has 0 saturated heterocycles. The van der Waals surface area contributed by atoms with Gasteiger partial charge in [0.15, 0.2) is 0 Å². The summed E-state index contributed by atoms with van der Waals surface area (Å²) in [4.78, 5) is 10.0. The summed E-state index contributed by atoms with van der Waals surface area (Å²) in [6.45, 7) is 3.08. The van der Waals surface area contributed by atoms with Crippen molar-refractivity contribution < 1.29 is 19.7 Å². The fraction of sp³-hybridized carbons (Fsp3) is 0.750. The van der Waals surface area contributed by atoms with E-state index in [1.165, 1.54) is 6.61 Å². The first-order valence-electron chi connectivity index (χ1n) is 3.95. The van der Waals surface area contributed by atoms with Gasteiger partial charge >= 0.3 is 0 Å². The molecular formula is C8H15O4-. The van der Waals surface area contributed by atoms with Gasteiger partial charge in [0.2, 0.25) is 0 Å². The zero-order valence-corrected chi connectivity index (χ0v) is 7.14. The number of hydrogen-bond donors (Lipinski definition) is 2. The topological polar surface area (TPSA) is 66.8 Å². The third-order valence-electron chi connectivity index (χ3n) is 1.38. The number of aldehydes is 1. The largest absolute Gasteiger partial charge is 0.546 e. The highest BCUT2D eigenvalue weighted by Crippen LogP contribution is 2.04. The molecule has 0 aliphatic heterocycles. The maximum absolute atomic E-state index is 10.0. The number of rotatable bonds is 7. The lowest BCUT2D eigenvalue weighted by Crippen LogP contribution is -2.32. The molecule has 0 amide bonds. The van der Waals surface area contributed by atoms with Crippen LogP contribution in [0, 0.1) is 6.61 Å². The van der Waals surface area contributed by atoms with Gasteiger partial charge in [-0.2, -0.15) is 6.42 Å². The van der Waals surface area contributed by atoms with Crippen LogP contribution >= 0.6 is 0 Å². The monoisotopic (exact) mass is 175 g/mol. The standard InChI is InChI=1S/C8H15O4/c1-2-5-12-8(6-10)7(11)3-4-9/h4-5,7-8,10-11H,2-3,6H2,1H3/q-1. The molecule has 0 spiro atoms. The van der Waals surface area contributed by atoms with E-state index < -0.39 is 12.2 Å². The van der Waals surface area contributed by atoms with Gasteiger partial charge in [0, 0.05) is 6.42 Å². The van der Waals surface area contributed by atoms with Gasteiger partial charge in [-0.3, -0.25) is 0 Å². The Labute approximate surface area is 72.2 Å². The fourth-order valence-corrected chi connectivity index (χ4v) is 0.726. The van der Waals surface area contributed by atoms with Crippen molar-refractivity contribution in [2.75, 3.05) is 6.61 Å². The summed E-state index contributed by atoms with van der Waals surface area (Å²) in [6, 6.07) is 0. The smallest absolute Gasteiger partial charge is 0.122 e. The van der Waals surface area contributed by atoms with Gasteiger partial charge in [-0.05, 0) is 0 Å². The Hall–Kier alpha value is -0.450. The maximum atomic E-state index is 10.0. The van der Waals surface area contributed by atoms with Crippen LogP contribution < -0.4 is 0 Å². The molecule has 12 heavy (non-hydrogen) atoms. The zero-order chi connectivity index (χ0) is 9.40. The molecule has 4 heteroatoms. The number of aliphatic hydroxyl groups excluding tert-OH is 2. The number of hydrogen-bond acceptors (Lipinski definition) is 4. The molecule has 4 nitrogen and oxygen atoms in total. The number of ether oxygens (including phenoxy) is 1. The first kappa shape index (κ1) is 11.6. The van der Waals surface area contributed by atoms with Gasteiger partial charge in [0.25, 0.3) is 0 Å². The lowest BCUT2D eigenvalue weighted by molar-refractivity contribution is -0.112. The molecule has 0 bridgehead atoms. The predicted molar refractivity (Wildman–Crippen MR) is 43.2 cm³/mol. The minimum atomic E-state index is -0.921. The number of aliphatic hydroxyl groups is 2. The van der Waals surface area contributed by atoms with Crippen LogP contribution in [-0.4, -0.2) is 35.3 Å². The van der Waals surface area contributed by atoms with Crippen molar-refractivity contribution in [3.63, 3.8) is 0 Å². The molecule has 0 rings (SSSR count). The van der Waals surface area contributed by atoms with Crippen molar-refractivity contribution in [2.45, 2.75) is 32.0 Å². The summed E-state index contributed by atoms with van der Waals surface area (Å²) in [5, 5.41) is 17.9. The zero-order valence-electron chi connectivity index (χ0n) is 7.14. The molecule has 0 aromatic rings. The Balaban J connectivity index is 3.69. The Morgan fingerprint density at radius 1 is 1.67 bits per heavy atom. The maximum Gasteiger partial charge on any atom is 0.122 e. The second kappa shape index (κ2) is 7.21. The molecule has 72 valence electrons. The van der Waals surface area contributed by atoms with Gasteiger partial charge in [0.05, 0.1) is 18.8 Å². The van der Waals surface area contributed by atoms with Crippen LogP contribution in [0.5, 0.6) is 0 Å². The molecule has 0 aliphatic carbocycles. The van der Waals surface area contributed by atoms with Crippen molar-refractivity contribution in [3.05, 3.63) is 6.61 Å². The van der Waals surface area contributed by atoms with Crippen molar-refractivity contribution in [1.82, 2.24) is 0 Å². The third kappa shape index (κ3) is 4.43. The Morgan fingerprint density at radius 2 is 2.33 bits per heavy atom. The molecule has 0 aromatic carbocycles. The van der Waals surface area contributed by atoms with Gasteiger partial charge < -0.3 is 19.7 Å². The van der Waals surface area contributed by atoms with E-state index in [-0.39, 0.29) is 13.0 Å². The third-order valence-corrected chi connectivity index (χ3v) is 1.38. The summed E-state index contributed by atoms with van der Waals surface area (Å²) >= 11 is 0. The Kier molecular flexibility index (Phi) is 6.94. The van der Waals surface area contributed by atoms with Crippen LogP contribution in [-0.2, 0) is 9.53 Å². The van der Waals surface area contributed by atoms with Crippen LogP contribution in [0.15, 0.2) is 0 Å². The molecule has 0 fully saturated rings. The van der Waals surface area contributed by atoms with E-state index in [0.29, 0.717) is 12.7 Å². The van der Waals surface area contributed by atoms with Gasteiger partial charge in [-0.15, -0.1) is 0 Å². The first-order valence-corrected chi connectivity index (χ1v) is 3.95. The summed E-state index contributed by atoms with van der Waals surface area (Å²) in [5.41, 5.74) is 0. The highest BCUT2D eigenvalue weighted by molar-refractivity contribution is 5.50. The molecule has 2 N–H and O–H groups in total. The van der Waals surface area contributed by atoms with Crippen LogP contribution in [0.2, 0.25) is 0 Å². The van der Waals surface area contributed by atoms with Crippen molar-refractivity contribution in [1.29, 1.82) is 0 Å². The van der Waals surface area contributed by atoms with Crippen LogP contribution in [0.1, 0.15) is 19.8 Å². The molecule has 2 atom stereocenters. The molecule has 0 aromatic heterocycles. The van der Waals surface area contributed by atoms with E-state index >= 15 is 0 Å². The van der Waals surface area contributed by atoms with Gasteiger partial charge in [-0.1, -0.05) is 6.92 Å². The van der Waals surface area contributed by atoms with Gasteiger partial charge in [-0.25, -0.2) is 6.61 Å². The van der Waals surface area contributed by atoms with E-state index in [1.807, 2.05) is 6.92 Å². The van der Waals surface area contributed by atoms with Gasteiger partial charge in [0.1, 0.15) is 6.29 Å². The minimum absolute atomic E-state index is 0.0111. The number of carbonyl (C=O) groups excluding carboxylic acids is 1. The summed E-state index contributed by atoms with van der Waals surface area (Å²) in [5.74, 6) is 0. The van der Waals surface area contributed by atoms with E-state index in [1.54, 1.807) is 0 Å². The van der Waals surface area contributed by atoms with Crippen LogP contribution in [0.4, 0.5) is 0 Å². The lowest BCUT2D eigenvalue weighted by Gasteiger charge is -2.26. The summed E-state index contributed by atoms with van der Waals surface area (Å²) in [6.07, 6.45) is -0.319. The van der Waals surface area contributed by atoms with E-state index in [9.17, 15) is 9.90 Å². The molecule has 0 radical (unpaired) electrons. The van der Waals surface area contributed by atoms with Crippen molar-refractivity contribution in [2.24, 2.45) is 0 Å². The molecule has 2 unspecified atom stereocenters. The molecule has 0 aliphatic rings. The normalized spacial score (nSPS) is 15.6. The SMILES string of the molecule is CC[CH-]OC(CO)C(O)CC=O. The Morgan fingerprint density at radius 3 is 2.75 bits per heavy atom. The average molecular weight is 175 g/mol. The highest BCUT2D eigenvalue weighted by Gasteiger charge is 2.14. The number of carbonyl (C=O) groups is 1. The summed E-state index contributed by atoms with van der Waals surface area (Å²) < 4.78 is 4.97. The molecular weight excluding hydrogens is 160 g/mol. The van der Waals surface area contributed by atoms with Crippen molar-refractivity contribution >= 4 is 6.29 Å². The quantitative estimate of drug-likeness (QED) is 0.418. The summed E-state index contributed by atoms with van der Waals surface area (Å²) in [7, 11) is 0.